The molecular formula is C9H15NO2Si. The first-order valence-electron chi connectivity index (χ1n) is 4.61. The highest BCUT2D eigenvalue weighted by Crippen LogP contribution is 2.23. The minimum absolute atomic E-state index is 0.122. The van der Waals surface area contributed by atoms with Gasteiger partial charge < -0.3 is 4.57 Å². The fraction of sp³-hybridized carbons (Fsp3) is 0.556. The monoisotopic (exact) mass is 197 g/mol. The topological polar surface area (TPSA) is 37.4 Å². The van der Waals surface area contributed by atoms with Gasteiger partial charge in [0, 0.05) is 12.2 Å². The van der Waals surface area contributed by atoms with Gasteiger partial charge in [-0.25, -0.2) is 0 Å². The van der Waals surface area contributed by atoms with Gasteiger partial charge in [-0.2, -0.15) is 0 Å². The molecule has 3 nitrogen and oxygen atoms in total. The lowest BCUT2D eigenvalue weighted by Crippen LogP contribution is -2.53. The van der Waals surface area contributed by atoms with Crippen LogP contribution in [0.1, 0.15) is 13.8 Å². The zero-order valence-corrected chi connectivity index (χ0v) is 9.33. The predicted molar refractivity (Wildman–Crippen MR) is 53.6 cm³/mol. The minimum atomic E-state index is -1.82. The van der Waals surface area contributed by atoms with Crippen LogP contribution in [-0.2, 0) is 9.59 Å². The molecule has 0 N–H and O–H groups in total. The number of hydrogen-bond donors (Lipinski definition) is 0. The number of carbonyl (C=O) groups excluding carboxylic acids is 2. The number of nitrogens with zero attached hydrogens (tertiary/aromatic N) is 1. The number of hydrogen-bond acceptors (Lipinski definition) is 2. The molecule has 1 aliphatic rings. The van der Waals surface area contributed by atoms with Crippen molar-refractivity contribution in [2.45, 2.75) is 32.5 Å². The van der Waals surface area contributed by atoms with Gasteiger partial charge in [0.2, 0.25) is 11.8 Å². The highest BCUT2D eigenvalue weighted by molar-refractivity contribution is 6.80. The maximum Gasteiger partial charge on any atom is 0.245 e. The van der Waals surface area contributed by atoms with Crippen LogP contribution in [0, 0.1) is 0 Å². The highest BCUT2D eigenvalue weighted by Gasteiger charge is 2.39. The van der Waals surface area contributed by atoms with Gasteiger partial charge in [0.25, 0.3) is 0 Å². The molecule has 0 aromatic carbocycles. The molecule has 0 bridgehead atoms. The van der Waals surface area contributed by atoms with E-state index in [9.17, 15) is 9.59 Å². The predicted octanol–water partition coefficient (Wildman–Crippen LogP) is 1.53. The van der Waals surface area contributed by atoms with Crippen LogP contribution >= 0.6 is 0 Å². The van der Waals surface area contributed by atoms with Crippen LogP contribution in [0.15, 0.2) is 12.2 Å². The van der Waals surface area contributed by atoms with E-state index in [1.807, 2.05) is 0 Å². The van der Waals surface area contributed by atoms with Gasteiger partial charge >= 0.3 is 0 Å². The molecule has 2 amide bonds. The fourth-order valence-corrected chi connectivity index (χ4v) is 3.84. The lowest BCUT2D eigenvalue weighted by molar-refractivity contribution is -0.131. The summed E-state index contributed by atoms with van der Waals surface area (Å²) >= 11 is 0. The minimum Gasteiger partial charge on any atom is -0.305 e. The third-order valence-corrected chi connectivity index (χ3v) is 7.44. The molecule has 0 spiro atoms. The Morgan fingerprint density at radius 3 is 1.85 bits per heavy atom. The largest absolute Gasteiger partial charge is 0.305 e. The summed E-state index contributed by atoms with van der Waals surface area (Å²) in [7, 11) is -1.82. The van der Waals surface area contributed by atoms with Crippen LogP contribution in [-0.4, -0.2) is 24.6 Å². The molecule has 0 saturated heterocycles. The van der Waals surface area contributed by atoms with E-state index in [0.717, 1.165) is 12.1 Å². The fourth-order valence-electron chi connectivity index (χ4n) is 1.50. The first-order chi connectivity index (χ1) is 6.05. The van der Waals surface area contributed by atoms with Crippen LogP contribution in [0.3, 0.4) is 0 Å². The number of carbonyl (C=O) groups is 2. The van der Waals surface area contributed by atoms with E-state index in [4.69, 9.17) is 0 Å². The van der Waals surface area contributed by atoms with Gasteiger partial charge in [-0.05, 0) is 12.1 Å². The Morgan fingerprint density at radius 2 is 1.54 bits per heavy atom. The normalized spacial score (nSPS) is 17.3. The molecule has 4 heteroatoms. The first-order valence-corrected chi connectivity index (χ1v) is 7.47. The van der Waals surface area contributed by atoms with Crippen molar-refractivity contribution in [3.05, 3.63) is 12.2 Å². The third-order valence-electron chi connectivity index (χ3n) is 2.87. The summed E-state index contributed by atoms with van der Waals surface area (Å²) in [5.74, 6) is -0.245. The molecule has 0 atom stereocenters. The molecule has 72 valence electrons. The second-order valence-corrected chi connectivity index (χ2v) is 8.40. The molecule has 13 heavy (non-hydrogen) atoms. The van der Waals surface area contributed by atoms with E-state index < -0.39 is 8.24 Å². The summed E-state index contributed by atoms with van der Waals surface area (Å²) in [6.45, 7) is 6.18. The third kappa shape index (κ3) is 1.58. The summed E-state index contributed by atoms with van der Waals surface area (Å²) < 4.78 is 1.49. The van der Waals surface area contributed by atoms with E-state index in [1.54, 1.807) is 0 Å². The van der Waals surface area contributed by atoms with Gasteiger partial charge in [-0.1, -0.05) is 20.4 Å². The van der Waals surface area contributed by atoms with Gasteiger partial charge in [-0.15, -0.1) is 0 Å². The maximum absolute atomic E-state index is 11.4. The summed E-state index contributed by atoms with van der Waals surface area (Å²) in [4.78, 5) is 22.8. The van der Waals surface area contributed by atoms with Gasteiger partial charge in [0.1, 0.15) is 0 Å². The number of rotatable bonds is 3. The van der Waals surface area contributed by atoms with Crippen LogP contribution in [0.25, 0.3) is 0 Å². The van der Waals surface area contributed by atoms with Crippen molar-refractivity contribution in [3.63, 3.8) is 0 Å². The van der Waals surface area contributed by atoms with Crippen molar-refractivity contribution in [2.75, 3.05) is 0 Å². The molecule has 1 heterocycles. The standard InChI is InChI=1S/C9H15NO2Si/c1-4-13(3,5-2)10-8(11)6-7-9(10)12/h6-7H,4-5H2,1-3H3. The van der Waals surface area contributed by atoms with Crippen LogP contribution in [0.4, 0.5) is 0 Å². The molecule has 1 rings (SSSR count). The van der Waals surface area contributed by atoms with E-state index in [1.165, 1.54) is 16.7 Å². The van der Waals surface area contributed by atoms with Gasteiger partial charge in [0.15, 0.2) is 8.24 Å². The summed E-state index contributed by atoms with van der Waals surface area (Å²) in [6.07, 6.45) is 2.75. The zero-order valence-electron chi connectivity index (χ0n) is 8.33. The second-order valence-electron chi connectivity index (χ2n) is 3.55. The SMILES string of the molecule is CC[Si](C)(CC)N1C(=O)C=CC1=O. The Kier molecular flexibility index (Phi) is 2.70. The van der Waals surface area contributed by atoms with Crippen LogP contribution in [0.5, 0.6) is 0 Å². The second kappa shape index (κ2) is 3.45. The zero-order chi connectivity index (χ0) is 10.1. The molecule has 0 aromatic rings. The summed E-state index contributed by atoms with van der Waals surface area (Å²) in [5.41, 5.74) is 0. The van der Waals surface area contributed by atoms with Crippen molar-refractivity contribution in [1.29, 1.82) is 0 Å². The molecule has 0 radical (unpaired) electrons. The van der Waals surface area contributed by atoms with Crippen LogP contribution < -0.4 is 0 Å². The van der Waals surface area contributed by atoms with Crippen LogP contribution in [0.2, 0.25) is 18.6 Å². The Hall–Kier alpha value is -0.903. The molecule has 0 saturated carbocycles. The lowest BCUT2D eigenvalue weighted by atomic mass is 10.6. The Balaban J connectivity index is 2.93. The van der Waals surface area contributed by atoms with E-state index in [0.29, 0.717) is 0 Å². The molecule has 0 fully saturated rings. The van der Waals surface area contributed by atoms with Crippen molar-refractivity contribution < 1.29 is 9.59 Å². The maximum atomic E-state index is 11.4. The van der Waals surface area contributed by atoms with Crippen molar-refractivity contribution in [1.82, 2.24) is 4.57 Å². The van der Waals surface area contributed by atoms with Gasteiger partial charge in [-0.3, -0.25) is 9.59 Å². The Morgan fingerprint density at radius 1 is 1.15 bits per heavy atom. The molecule has 1 aliphatic heterocycles. The quantitative estimate of drug-likeness (QED) is 0.508. The smallest absolute Gasteiger partial charge is 0.245 e. The van der Waals surface area contributed by atoms with Crippen molar-refractivity contribution in [2.24, 2.45) is 0 Å². The van der Waals surface area contributed by atoms with E-state index in [-0.39, 0.29) is 11.8 Å². The highest BCUT2D eigenvalue weighted by atomic mass is 28.3. The van der Waals surface area contributed by atoms with Gasteiger partial charge in [0.05, 0.1) is 0 Å². The number of amides is 2. The summed E-state index contributed by atoms with van der Waals surface area (Å²) in [5, 5.41) is 0. The number of imide groups is 1. The molecular weight excluding hydrogens is 182 g/mol. The average Bonchev–Trinajstić information content (AvgIpc) is 2.46. The van der Waals surface area contributed by atoms with Crippen molar-refractivity contribution >= 4 is 20.0 Å². The van der Waals surface area contributed by atoms with E-state index >= 15 is 0 Å². The van der Waals surface area contributed by atoms with Crippen molar-refractivity contribution in [3.8, 4) is 0 Å². The Bertz CT molecular complexity index is 251. The molecule has 0 unspecified atom stereocenters. The molecule has 0 aromatic heterocycles. The summed E-state index contributed by atoms with van der Waals surface area (Å²) in [6, 6.07) is 1.87. The average molecular weight is 197 g/mol. The molecule has 0 aliphatic carbocycles. The lowest BCUT2D eigenvalue weighted by Gasteiger charge is -2.33. The first kappa shape index (κ1) is 10.2. The Labute approximate surface area is 79.5 Å². The van der Waals surface area contributed by atoms with E-state index in [2.05, 4.69) is 20.4 Å².